The fourth-order valence-corrected chi connectivity index (χ4v) is 3.61. The van der Waals surface area contributed by atoms with Gasteiger partial charge in [-0.05, 0) is 24.3 Å². The Kier molecular flexibility index (Phi) is 3.20. The van der Waals surface area contributed by atoms with Gasteiger partial charge in [0, 0.05) is 20.9 Å². The first-order valence-electron chi connectivity index (χ1n) is 7.09. The van der Waals surface area contributed by atoms with E-state index in [-0.39, 0.29) is 5.78 Å². The molecule has 1 aliphatic rings. The van der Waals surface area contributed by atoms with Gasteiger partial charge in [0.1, 0.15) is 0 Å². The molecule has 3 aromatic carbocycles. The number of anilines is 2. The molecular formula is C19H13NOS. The summed E-state index contributed by atoms with van der Waals surface area (Å²) in [4.78, 5) is 15.0. The number of hydrogen-bond acceptors (Lipinski definition) is 3. The van der Waals surface area contributed by atoms with Gasteiger partial charge >= 0.3 is 0 Å². The number of carbonyl (C=O) groups excluding carboxylic acids is 1. The maximum absolute atomic E-state index is 12.8. The highest BCUT2D eigenvalue weighted by molar-refractivity contribution is 7.99. The molecule has 1 N–H and O–H groups in total. The van der Waals surface area contributed by atoms with Gasteiger partial charge in [-0.2, -0.15) is 0 Å². The number of carbonyl (C=O) groups is 1. The quantitative estimate of drug-likeness (QED) is 0.521. The first-order chi connectivity index (χ1) is 10.8. The van der Waals surface area contributed by atoms with Crippen LogP contribution in [0, 0.1) is 0 Å². The standard InChI is InChI=1S/C19H13NOS/c21-19(13-7-2-1-3-8-13)14-9-6-12-17-18(14)20-15-10-4-5-11-16(15)22-17/h1-12,20H. The first-order valence-corrected chi connectivity index (χ1v) is 7.91. The number of ketones is 1. The molecule has 0 aromatic heterocycles. The Hall–Kier alpha value is -2.52. The number of nitrogens with one attached hydrogen (secondary N) is 1. The second-order valence-corrected chi connectivity index (χ2v) is 6.18. The van der Waals surface area contributed by atoms with Crippen LogP contribution in [0.4, 0.5) is 11.4 Å². The predicted octanol–water partition coefficient (Wildman–Crippen LogP) is 5.13. The molecular weight excluding hydrogens is 290 g/mol. The largest absolute Gasteiger partial charge is 0.353 e. The molecule has 3 aromatic rings. The highest BCUT2D eigenvalue weighted by Crippen LogP contribution is 2.45. The SMILES string of the molecule is O=C(c1ccccc1)c1cccc2c1Nc1ccccc1S2. The number of benzene rings is 3. The minimum absolute atomic E-state index is 0.0462. The lowest BCUT2D eigenvalue weighted by atomic mass is 10.0. The third-order valence-corrected chi connectivity index (χ3v) is 4.81. The minimum Gasteiger partial charge on any atom is -0.353 e. The molecule has 0 saturated heterocycles. The maximum Gasteiger partial charge on any atom is 0.195 e. The second-order valence-electron chi connectivity index (χ2n) is 5.10. The van der Waals surface area contributed by atoms with Gasteiger partial charge in [0.2, 0.25) is 0 Å². The van der Waals surface area contributed by atoms with Crippen molar-refractivity contribution in [1.29, 1.82) is 0 Å². The zero-order valence-electron chi connectivity index (χ0n) is 11.7. The van der Waals surface area contributed by atoms with E-state index in [1.807, 2.05) is 66.7 Å². The van der Waals surface area contributed by atoms with Crippen LogP contribution in [-0.4, -0.2) is 5.78 Å². The number of hydrogen-bond donors (Lipinski definition) is 1. The molecule has 3 heteroatoms. The Morgan fingerprint density at radius 2 is 1.50 bits per heavy atom. The van der Waals surface area contributed by atoms with Crippen LogP contribution in [0.15, 0.2) is 82.6 Å². The van der Waals surface area contributed by atoms with Gasteiger partial charge in [-0.3, -0.25) is 4.79 Å². The van der Waals surface area contributed by atoms with Crippen molar-refractivity contribution in [3.63, 3.8) is 0 Å². The van der Waals surface area contributed by atoms with Crippen LogP contribution in [0.5, 0.6) is 0 Å². The molecule has 0 spiro atoms. The van der Waals surface area contributed by atoms with Crippen molar-refractivity contribution in [2.45, 2.75) is 9.79 Å². The van der Waals surface area contributed by atoms with E-state index < -0.39 is 0 Å². The minimum atomic E-state index is 0.0462. The lowest BCUT2D eigenvalue weighted by Gasteiger charge is -2.22. The summed E-state index contributed by atoms with van der Waals surface area (Å²) >= 11 is 1.69. The summed E-state index contributed by atoms with van der Waals surface area (Å²) in [6, 6.07) is 23.4. The lowest BCUT2D eigenvalue weighted by Crippen LogP contribution is -2.08. The van der Waals surface area contributed by atoms with Crippen molar-refractivity contribution in [3.05, 3.63) is 83.9 Å². The smallest absolute Gasteiger partial charge is 0.195 e. The number of para-hydroxylation sites is 2. The van der Waals surface area contributed by atoms with E-state index in [1.54, 1.807) is 11.8 Å². The van der Waals surface area contributed by atoms with Crippen LogP contribution in [-0.2, 0) is 0 Å². The summed E-state index contributed by atoms with van der Waals surface area (Å²) < 4.78 is 0. The van der Waals surface area contributed by atoms with Gasteiger partial charge in [0.15, 0.2) is 5.78 Å². The van der Waals surface area contributed by atoms with Gasteiger partial charge in [0.25, 0.3) is 0 Å². The van der Waals surface area contributed by atoms with Crippen LogP contribution < -0.4 is 5.32 Å². The molecule has 4 rings (SSSR count). The summed E-state index contributed by atoms with van der Waals surface area (Å²) in [7, 11) is 0. The summed E-state index contributed by atoms with van der Waals surface area (Å²) in [6.07, 6.45) is 0. The van der Waals surface area contributed by atoms with Gasteiger partial charge < -0.3 is 5.32 Å². The normalized spacial score (nSPS) is 12.0. The van der Waals surface area contributed by atoms with Gasteiger partial charge in [0.05, 0.1) is 11.4 Å². The van der Waals surface area contributed by atoms with Crippen LogP contribution in [0.3, 0.4) is 0 Å². The summed E-state index contributed by atoms with van der Waals surface area (Å²) in [6.45, 7) is 0. The summed E-state index contributed by atoms with van der Waals surface area (Å²) in [5.74, 6) is 0.0462. The Bertz CT molecular complexity index is 858. The molecule has 0 saturated carbocycles. The zero-order chi connectivity index (χ0) is 14.9. The third-order valence-electron chi connectivity index (χ3n) is 3.67. The number of fused-ring (bicyclic) bond motifs is 2. The van der Waals surface area contributed by atoms with Crippen molar-refractivity contribution < 1.29 is 4.79 Å². The lowest BCUT2D eigenvalue weighted by molar-refractivity contribution is 0.103. The van der Waals surface area contributed by atoms with Crippen LogP contribution in [0.25, 0.3) is 0 Å². The molecule has 0 fully saturated rings. The molecule has 1 heterocycles. The topological polar surface area (TPSA) is 29.1 Å². The third kappa shape index (κ3) is 2.20. The maximum atomic E-state index is 12.8. The average Bonchev–Trinajstić information content (AvgIpc) is 2.59. The van der Waals surface area contributed by atoms with Gasteiger partial charge in [-0.25, -0.2) is 0 Å². The fraction of sp³-hybridized carbons (Fsp3) is 0. The van der Waals surface area contributed by atoms with Crippen molar-refractivity contribution in [1.82, 2.24) is 0 Å². The number of rotatable bonds is 2. The molecule has 2 nitrogen and oxygen atoms in total. The molecule has 1 aliphatic heterocycles. The molecule has 106 valence electrons. The fourth-order valence-electron chi connectivity index (χ4n) is 2.59. The molecule has 22 heavy (non-hydrogen) atoms. The van der Waals surface area contributed by atoms with E-state index in [0.717, 1.165) is 16.3 Å². The van der Waals surface area contributed by atoms with E-state index >= 15 is 0 Å². The highest BCUT2D eigenvalue weighted by Gasteiger charge is 2.21. The Labute approximate surface area is 133 Å². The molecule has 0 atom stereocenters. The van der Waals surface area contributed by atoms with Crippen LogP contribution in [0.1, 0.15) is 15.9 Å². The molecule has 0 radical (unpaired) electrons. The second kappa shape index (κ2) is 5.35. The van der Waals surface area contributed by atoms with E-state index in [2.05, 4.69) is 11.4 Å². The van der Waals surface area contributed by atoms with Crippen molar-refractivity contribution in [2.24, 2.45) is 0 Å². The summed E-state index contributed by atoms with van der Waals surface area (Å²) in [5.41, 5.74) is 3.38. The Morgan fingerprint density at radius 3 is 2.36 bits per heavy atom. The summed E-state index contributed by atoms with van der Waals surface area (Å²) in [5, 5.41) is 3.42. The molecule has 0 unspecified atom stereocenters. The van der Waals surface area contributed by atoms with Crippen molar-refractivity contribution in [3.8, 4) is 0 Å². The highest BCUT2D eigenvalue weighted by atomic mass is 32.2. The monoisotopic (exact) mass is 303 g/mol. The molecule has 0 bridgehead atoms. The van der Waals surface area contributed by atoms with Crippen LogP contribution >= 0.6 is 11.8 Å². The van der Waals surface area contributed by atoms with E-state index in [9.17, 15) is 4.79 Å². The Balaban J connectivity index is 1.80. The van der Waals surface area contributed by atoms with E-state index in [1.165, 1.54) is 4.90 Å². The van der Waals surface area contributed by atoms with E-state index in [0.29, 0.717) is 11.1 Å². The average molecular weight is 303 g/mol. The Morgan fingerprint density at radius 1 is 0.773 bits per heavy atom. The zero-order valence-corrected chi connectivity index (χ0v) is 12.6. The van der Waals surface area contributed by atoms with Crippen molar-refractivity contribution in [2.75, 3.05) is 5.32 Å². The molecule has 0 amide bonds. The predicted molar refractivity (Wildman–Crippen MR) is 90.2 cm³/mol. The molecule has 0 aliphatic carbocycles. The van der Waals surface area contributed by atoms with E-state index in [4.69, 9.17) is 0 Å². The first kappa shape index (κ1) is 13.2. The van der Waals surface area contributed by atoms with Gasteiger partial charge in [-0.15, -0.1) is 0 Å². The van der Waals surface area contributed by atoms with Crippen molar-refractivity contribution >= 4 is 28.9 Å². The van der Waals surface area contributed by atoms with Gasteiger partial charge in [-0.1, -0.05) is 60.3 Å². The van der Waals surface area contributed by atoms with Crippen LogP contribution in [0.2, 0.25) is 0 Å².